The molecule has 3 aromatic rings. The second-order valence-corrected chi connectivity index (χ2v) is 7.60. The first kappa shape index (κ1) is 17.8. The van der Waals surface area contributed by atoms with E-state index in [0.29, 0.717) is 5.56 Å². The lowest BCUT2D eigenvalue weighted by atomic mass is 10.2. The first-order valence-electron chi connectivity index (χ1n) is 9.17. The minimum atomic E-state index is 0.687. The van der Waals surface area contributed by atoms with Crippen molar-refractivity contribution in [2.24, 2.45) is 0 Å². The highest BCUT2D eigenvalue weighted by molar-refractivity contribution is 7.98. The molecular formula is C21H21N5S. The maximum absolute atomic E-state index is 9.09. The Morgan fingerprint density at radius 2 is 1.81 bits per heavy atom. The van der Waals surface area contributed by atoms with Crippen LogP contribution >= 0.6 is 11.8 Å². The first-order chi connectivity index (χ1) is 13.3. The molecule has 2 heterocycles. The van der Waals surface area contributed by atoms with Gasteiger partial charge in [-0.3, -0.25) is 9.47 Å². The average molecular weight is 376 g/mol. The van der Waals surface area contributed by atoms with Gasteiger partial charge >= 0.3 is 0 Å². The van der Waals surface area contributed by atoms with E-state index in [0.717, 1.165) is 47.6 Å². The summed E-state index contributed by atoms with van der Waals surface area (Å²) >= 11 is 1.65. The fourth-order valence-corrected chi connectivity index (χ4v) is 4.27. The van der Waals surface area contributed by atoms with E-state index in [-0.39, 0.29) is 0 Å². The molecule has 4 rings (SSSR count). The van der Waals surface area contributed by atoms with Gasteiger partial charge in [0, 0.05) is 11.4 Å². The molecule has 0 bridgehead atoms. The van der Waals surface area contributed by atoms with Crippen LogP contribution in [0, 0.1) is 11.3 Å². The van der Waals surface area contributed by atoms with Crippen LogP contribution in [0.25, 0.3) is 5.69 Å². The normalized spacial score (nSPS) is 14.3. The van der Waals surface area contributed by atoms with E-state index < -0.39 is 0 Å². The Morgan fingerprint density at radius 1 is 1.00 bits per heavy atom. The number of thioether (sulfide) groups is 1. The number of para-hydroxylation sites is 1. The summed E-state index contributed by atoms with van der Waals surface area (Å²) in [5.41, 5.74) is 2.89. The zero-order chi connectivity index (χ0) is 18.5. The lowest BCUT2D eigenvalue weighted by Crippen LogP contribution is -2.21. The van der Waals surface area contributed by atoms with Crippen LogP contribution < -0.4 is 0 Å². The summed E-state index contributed by atoms with van der Waals surface area (Å²) in [6.45, 7) is 3.09. The molecule has 0 spiro atoms. The van der Waals surface area contributed by atoms with E-state index in [9.17, 15) is 0 Å². The van der Waals surface area contributed by atoms with Crippen LogP contribution in [0.5, 0.6) is 0 Å². The molecule has 0 aliphatic carbocycles. The molecule has 1 aromatic heterocycles. The number of aromatic nitrogens is 3. The third kappa shape index (κ3) is 4.21. The number of hydrogen-bond donors (Lipinski definition) is 0. The average Bonchev–Trinajstić information content (AvgIpc) is 3.37. The Hall–Kier alpha value is -2.62. The van der Waals surface area contributed by atoms with Gasteiger partial charge in [-0.15, -0.1) is 10.2 Å². The molecule has 0 N–H and O–H groups in total. The number of nitriles is 1. The molecule has 2 aromatic carbocycles. The summed E-state index contributed by atoms with van der Waals surface area (Å²) in [7, 11) is 0. The van der Waals surface area contributed by atoms with Gasteiger partial charge in [-0.05, 0) is 55.8 Å². The molecule has 0 unspecified atom stereocenters. The van der Waals surface area contributed by atoms with Crippen molar-refractivity contribution in [1.82, 2.24) is 19.7 Å². The van der Waals surface area contributed by atoms with Gasteiger partial charge < -0.3 is 0 Å². The van der Waals surface area contributed by atoms with Crippen molar-refractivity contribution in [1.29, 1.82) is 5.26 Å². The number of nitrogens with zero attached hydrogens (tertiary/aromatic N) is 5. The third-order valence-electron chi connectivity index (χ3n) is 4.70. The Kier molecular flexibility index (Phi) is 5.52. The fraction of sp³-hybridized carbons (Fsp3) is 0.286. The molecule has 136 valence electrons. The van der Waals surface area contributed by atoms with Crippen LogP contribution in [-0.2, 0) is 12.3 Å². The second kappa shape index (κ2) is 8.38. The molecular weight excluding hydrogens is 354 g/mol. The molecule has 1 fully saturated rings. The fourth-order valence-electron chi connectivity index (χ4n) is 3.35. The van der Waals surface area contributed by atoms with E-state index in [1.165, 1.54) is 12.8 Å². The summed E-state index contributed by atoms with van der Waals surface area (Å²) in [4.78, 5) is 2.44. The number of rotatable bonds is 6. The molecule has 0 saturated carbocycles. The molecule has 0 atom stereocenters. The zero-order valence-electron chi connectivity index (χ0n) is 15.1. The highest BCUT2D eigenvalue weighted by Crippen LogP contribution is 2.26. The third-order valence-corrected chi connectivity index (χ3v) is 5.70. The largest absolute Gasteiger partial charge is 0.296 e. The standard InChI is InChI=1S/C21H21N5S/c22-14-17-7-6-8-18(13-17)16-27-21-24-23-20(15-25-11-4-5-12-25)26(21)19-9-2-1-3-10-19/h1-3,6-10,13H,4-5,11-12,15-16H2. The topological polar surface area (TPSA) is 57.7 Å². The van der Waals surface area contributed by atoms with Crippen LogP contribution in [0.15, 0.2) is 59.8 Å². The van der Waals surface area contributed by atoms with E-state index in [1.807, 2.05) is 42.5 Å². The molecule has 0 radical (unpaired) electrons. The van der Waals surface area contributed by atoms with Gasteiger partial charge in [-0.2, -0.15) is 5.26 Å². The Balaban J connectivity index is 1.59. The molecule has 1 saturated heterocycles. The molecule has 6 heteroatoms. The van der Waals surface area contributed by atoms with Crippen molar-refractivity contribution >= 4 is 11.8 Å². The van der Waals surface area contributed by atoms with Gasteiger partial charge in [0.2, 0.25) is 0 Å². The summed E-state index contributed by atoms with van der Waals surface area (Å²) in [6.07, 6.45) is 2.52. The lowest BCUT2D eigenvalue weighted by molar-refractivity contribution is 0.319. The quantitative estimate of drug-likeness (QED) is 0.609. The van der Waals surface area contributed by atoms with Crippen molar-refractivity contribution in [2.75, 3.05) is 13.1 Å². The number of likely N-dealkylation sites (tertiary alicyclic amines) is 1. The minimum Gasteiger partial charge on any atom is -0.296 e. The van der Waals surface area contributed by atoms with E-state index in [1.54, 1.807) is 11.8 Å². The summed E-state index contributed by atoms with van der Waals surface area (Å²) in [5, 5.41) is 19.0. The molecule has 1 aliphatic rings. The highest BCUT2D eigenvalue weighted by atomic mass is 32.2. The van der Waals surface area contributed by atoms with Gasteiger partial charge in [0.05, 0.1) is 18.2 Å². The summed E-state index contributed by atoms with van der Waals surface area (Å²) in [5.74, 6) is 1.74. The predicted molar refractivity (Wildman–Crippen MR) is 107 cm³/mol. The monoisotopic (exact) mass is 375 g/mol. The highest BCUT2D eigenvalue weighted by Gasteiger charge is 2.19. The van der Waals surface area contributed by atoms with E-state index >= 15 is 0 Å². The first-order valence-corrected chi connectivity index (χ1v) is 10.2. The van der Waals surface area contributed by atoms with Crippen molar-refractivity contribution in [3.05, 3.63) is 71.5 Å². The number of benzene rings is 2. The smallest absolute Gasteiger partial charge is 0.196 e. The van der Waals surface area contributed by atoms with Gasteiger partial charge in [-0.25, -0.2) is 0 Å². The SMILES string of the molecule is N#Cc1cccc(CSc2nnc(CN3CCCC3)n2-c2ccccc2)c1. The Labute approximate surface area is 163 Å². The van der Waals surface area contributed by atoms with Crippen LogP contribution in [0.4, 0.5) is 0 Å². The lowest BCUT2D eigenvalue weighted by Gasteiger charge is -2.16. The van der Waals surface area contributed by atoms with Gasteiger partial charge in [0.1, 0.15) is 0 Å². The Bertz CT molecular complexity index is 939. The van der Waals surface area contributed by atoms with Gasteiger partial charge in [-0.1, -0.05) is 42.1 Å². The van der Waals surface area contributed by atoms with E-state index in [2.05, 4.69) is 37.9 Å². The second-order valence-electron chi connectivity index (χ2n) is 6.65. The summed E-state index contributed by atoms with van der Waals surface area (Å²) in [6, 6.07) is 20.2. The number of hydrogen-bond acceptors (Lipinski definition) is 5. The molecule has 1 aliphatic heterocycles. The van der Waals surface area contributed by atoms with Gasteiger partial charge in [0.15, 0.2) is 11.0 Å². The molecule has 27 heavy (non-hydrogen) atoms. The van der Waals surface area contributed by atoms with Crippen LogP contribution in [0.1, 0.15) is 29.8 Å². The molecule has 0 amide bonds. The minimum absolute atomic E-state index is 0.687. The predicted octanol–water partition coefficient (Wildman–Crippen LogP) is 4.03. The Morgan fingerprint density at radius 3 is 2.59 bits per heavy atom. The van der Waals surface area contributed by atoms with Crippen molar-refractivity contribution in [2.45, 2.75) is 30.3 Å². The van der Waals surface area contributed by atoms with Crippen LogP contribution in [0.2, 0.25) is 0 Å². The molecule has 5 nitrogen and oxygen atoms in total. The summed E-state index contributed by atoms with van der Waals surface area (Å²) < 4.78 is 2.16. The van der Waals surface area contributed by atoms with Crippen molar-refractivity contribution in [3.8, 4) is 11.8 Å². The van der Waals surface area contributed by atoms with Crippen LogP contribution in [-0.4, -0.2) is 32.8 Å². The zero-order valence-corrected chi connectivity index (χ0v) is 15.9. The maximum atomic E-state index is 9.09. The van der Waals surface area contributed by atoms with Crippen molar-refractivity contribution < 1.29 is 0 Å². The van der Waals surface area contributed by atoms with Gasteiger partial charge in [0.25, 0.3) is 0 Å². The van der Waals surface area contributed by atoms with Crippen molar-refractivity contribution in [3.63, 3.8) is 0 Å². The maximum Gasteiger partial charge on any atom is 0.196 e. The van der Waals surface area contributed by atoms with Crippen LogP contribution in [0.3, 0.4) is 0 Å². The van der Waals surface area contributed by atoms with E-state index in [4.69, 9.17) is 5.26 Å².